The second-order valence-corrected chi connectivity index (χ2v) is 4.50. The number of hydrogen-bond acceptors (Lipinski definition) is 3. The topological polar surface area (TPSA) is 75.6 Å². The molecule has 2 N–H and O–H groups in total. The standard InChI is InChI=1S/C13H15NO4/c1-18-10-4-2-9(3-5-10)11(15)14-8-13(6-7-13)12(16)17/h2-5H,6-8H2,1H3,(H,14,15)(H,16,17). The van der Waals surface area contributed by atoms with Crippen molar-refractivity contribution >= 4 is 11.9 Å². The maximum atomic E-state index is 11.8. The number of aliphatic carboxylic acids is 1. The van der Waals surface area contributed by atoms with Crippen LogP contribution in [0.1, 0.15) is 23.2 Å². The van der Waals surface area contributed by atoms with Gasteiger partial charge in [-0.05, 0) is 37.1 Å². The Morgan fingerprint density at radius 2 is 1.94 bits per heavy atom. The van der Waals surface area contributed by atoms with Gasteiger partial charge in [0.15, 0.2) is 0 Å². The van der Waals surface area contributed by atoms with Crippen LogP contribution in [0.4, 0.5) is 0 Å². The van der Waals surface area contributed by atoms with E-state index < -0.39 is 11.4 Å². The van der Waals surface area contributed by atoms with Gasteiger partial charge in [0.2, 0.25) is 0 Å². The van der Waals surface area contributed by atoms with Crippen molar-refractivity contribution in [2.45, 2.75) is 12.8 Å². The molecule has 5 heteroatoms. The second-order valence-electron chi connectivity index (χ2n) is 4.50. The third-order valence-corrected chi connectivity index (χ3v) is 3.25. The van der Waals surface area contributed by atoms with Gasteiger partial charge in [-0.25, -0.2) is 0 Å². The molecule has 1 aliphatic carbocycles. The van der Waals surface area contributed by atoms with Gasteiger partial charge >= 0.3 is 5.97 Å². The first-order valence-electron chi connectivity index (χ1n) is 5.73. The number of carboxylic acid groups (broad SMARTS) is 1. The van der Waals surface area contributed by atoms with Crippen molar-refractivity contribution in [1.82, 2.24) is 5.32 Å². The lowest BCUT2D eigenvalue weighted by atomic mass is 10.1. The molecule has 0 bridgehead atoms. The van der Waals surface area contributed by atoms with Gasteiger partial charge in [-0.15, -0.1) is 0 Å². The van der Waals surface area contributed by atoms with E-state index in [1.807, 2.05) is 0 Å². The normalized spacial score (nSPS) is 15.8. The van der Waals surface area contributed by atoms with Crippen LogP contribution in [0.5, 0.6) is 5.75 Å². The average molecular weight is 249 g/mol. The van der Waals surface area contributed by atoms with Gasteiger partial charge < -0.3 is 15.2 Å². The number of amides is 1. The van der Waals surface area contributed by atoms with Crippen molar-refractivity contribution in [2.75, 3.05) is 13.7 Å². The highest BCUT2D eigenvalue weighted by molar-refractivity contribution is 5.94. The first-order valence-corrected chi connectivity index (χ1v) is 5.73. The molecule has 1 fully saturated rings. The molecule has 5 nitrogen and oxygen atoms in total. The summed E-state index contributed by atoms with van der Waals surface area (Å²) in [6.45, 7) is 0.188. The van der Waals surface area contributed by atoms with Crippen LogP contribution in [-0.2, 0) is 4.79 Å². The van der Waals surface area contributed by atoms with E-state index >= 15 is 0 Å². The molecule has 96 valence electrons. The lowest BCUT2D eigenvalue weighted by Crippen LogP contribution is -2.34. The molecule has 1 amide bonds. The molecule has 18 heavy (non-hydrogen) atoms. The van der Waals surface area contributed by atoms with E-state index in [0.29, 0.717) is 24.2 Å². The summed E-state index contributed by atoms with van der Waals surface area (Å²) in [5.74, 6) is -0.418. The fraction of sp³-hybridized carbons (Fsp3) is 0.385. The molecule has 0 aromatic heterocycles. The predicted molar refractivity (Wildman–Crippen MR) is 64.6 cm³/mol. The molecule has 1 aromatic rings. The maximum absolute atomic E-state index is 11.8. The predicted octanol–water partition coefficient (Wildman–Crippen LogP) is 1.29. The molecule has 0 spiro atoms. The summed E-state index contributed by atoms with van der Waals surface area (Å²) in [6, 6.07) is 6.68. The van der Waals surface area contributed by atoms with Crippen LogP contribution in [-0.4, -0.2) is 30.6 Å². The zero-order valence-corrected chi connectivity index (χ0v) is 10.1. The summed E-state index contributed by atoms with van der Waals surface area (Å²) in [5, 5.41) is 11.6. The summed E-state index contributed by atoms with van der Waals surface area (Å²) in [4.78, 5) is 22.7. The third kappa shape index (κ3) is 2.45. The van der Waals surface area contributed by atoms with E-state index in [1.165, 1.54) is 0 Å². The molecule has 0 atom stereocenters. The molecule has 1 aromatic carbocycles. The van der Waals surface area contributed by atoms with Gasteiger partial charge in [0.25, 0.3) is 5.91 Å². The molecular weight excluding hydrogens is 234 g/mol. The van der Waals surface area contributed by atoms with Crippen LogP contribution in [0.3, 0.4) is 0 Å². The maximum Gasteiger partial charge on any atom is 0.311 e. The number of ether oxygens (including phenoxy) is 1. The Bertz CT molecular complexity index is 462. The van der Waals surface area contributed by atoms with E-state index in [-0.39, 0.29) is 12.5 Å². The third-order valence-electron chi connectivity index (χ3n) is 3.25. The first-order chi connectivity index (χ1) is 8.57. The quantitative estimate of drug-likeness (QED) is 0.824. The molecule has 2 rings (SSSR count). The van der Waals surface area contributed by atoms with Crippen molar-refractivity contribution in [3.05, 3.63) is 29.8 Å². The van der Waals surface area contributed by atoms with Crippen LogP contribution in [0.2, 0.25) is 0 Å². The van der Waals surface area contributed by atoms with Gasteiger partial charge in [-0.3, -0.25) is 9.59 Å². The van der Waals surface area contributed by atoms with Crippen LogP contribution >= 0.6 is 0 Å². The molecule has 0 radical (unpaired) electrons. The number of hydrogen-bond donors (Lipinski definition) is 2. The number of nitrogens with one attached hydrogen (secondary N) is 1. The number of rotatable bonds is 5. The van der Waals surface area contributed by atoms with Crippen molar-refractivity contribution in [1.29, 1.82) is 0 Å². The van der Waals surface area contributed by atoms with E-state index in [4.69, 9.17) is 9.84 Å². The van der Waals surface area contributed by atoms with E-state index in [1.54, 1.807) is 31.4 Å². The minimum Gasteiger partial charge on any atom is -0.497 e. The van der Waals surface area contributed by atoms with Crippen molar-refractivity contribution in [3.8, 4) is 5.75 Å². The lowest BCUT2D eigenvalue weighted by molar-refractivity contribution is -0.143. The highest BCUT2D eigenvalue weighted by Crippen LogP contribution is 2.45. The van der Waals surface area contributed by atoms with Crippen molar-refractivity contribution < 1.29 is 19.4 Å². The fourth-order valence-corrected chi connectivity index (χ4v) is 1.71. The van der Waals surface area contributed by atoms with Crippen molar-refractivity contribution in [3.63, 3.8) is 0 Å². The van der Waals surface area contributed by atoms with Crippen LogP contribution in [0.25, 0.3) is 0 Å². The second kappa shape index (κ2) is 4.68. The molecule has 1 aliphatic rings. The van der Waals surface area contributed by atoms with Crippen LogP contribution in [0.15, 0.2) is 24.3 Å². The smallest absolute Gasteiger partial charge is 0.311 e. The zero-order valence-electron chi connectivity index (χ0n) is 10.1. The van der Waals surface area contributed by atoms with E-state index in [0.717, 1.165) is 0 Å². The van der Waals surface area contributed by atoms with E-state index in [9.17, 15) is 9.59 Å². The molecule has 0 saturated heterocycles. The summed E-state index contributed by atoms with van der Waals surface area (Å²) < 4.78 is 5.00. The summed E-state index contributed by atoms with van der Waals surface area (Å²) in [5.41, 5.74) is -0.237. The number of benzene rings is 1. The molecule has 0 unspecified atom stereocenters. The Kier molecular flexibility index (Phi) is 3.23. The molecule has 0 heterocycles. The zero-order chi connectivity index (χ0) is 13.2. The van der Waals surface area contributed by atoms with Crippen LogP contribution < -0.4 is 10.1 Å². The average Bonchev–Trinajstić information content (AvgIpc) is 3.17. The van der Waals surface area contributed by atoms with Gasteiger partial charge in [-0.1, -0.05) is 0 Å². The number of methoxy groups -OCH3 is 1. The Labute approximate surface area is 105 Å². The summed E-state index contributed by atoms with van der Waals surface area (Å²) in [6.07, 6.45) is 1.26. The number of carboxylic acids is 1. The largest absolute Gasteiger partial charge is 0.497 e. The van der Waals surface area contributed by atoms with E-state index in [2.05, 4.69) is 5.32 Å². The summed E-state index contributed by atoms with van der Waals surface area (Å²) in [7, 11) is 1.55. The Morgan fingerprint density at radius 3 is 2.39 bits per heavy atom. The minimum absolute atomic E-state index is 0.188. The summed E-state index contributed by atoms with van der Waals surface area (Å²) >= 11 is 0. The molecule has 0 aliphatic heterocycles. The molecular formula is C13H15NO4. The Morgan fingerprint density at radius 1 is 1.33 bits per heavy atom. The van der Waals surface area contributed by atoms with Gasteiger partial charge in [0, 0.05) is 12.1 Å². The van der Waals surface area contributed by atoms with Gasteiger partial charge in [0.05, 0.1) is 12.5 Å². The Hall–Kier alpha value is -2.04. The Balaban J connectivity index is 1.93. The van der Waals surface area contributed by atoms with Crippen molar-refractivity contribution in [2.24, 2.45) is 5.41 Å². The number of carbonyl (C=O) groups excluding carboxylic acids is 1. The molecule has 1 saturated carbocycles. The monoisotopic (exact) mass is 249 g/mol. The van der Waals surface area contributed by atoms with Gasteiger partial charge in [0.1, 0.15) is 5.75 Å². The SMILES string of the molecule is COc1ccc(C(=O)NCC2(C(=O)O)CC2)cc1. The van der Waals surface area contributed by atoms with Gasteiger partial charge in [-0.2, -0.15) is 0 Å². The highest BCUT2D eigenvalue weighted by Gasteiger charge is 2.50. The first kappa shape index (κ1) is 12.4. The fourth-order valence-electron chi connectivity index (χ4n) is 1.71. The highest BCUT2D eigenvalue weighted by atomic mass is 16.5. The minimum atomic E-state index is -0.836. The number of carbonyl (C=O) groups is 2. The lowest BCUT2D eigenvalue weighted by Gasteiger charge is -2.11. The van der Waals surface area contributed by atoms with Crippen LogP contribution in [0, 0.1) is 5.41 Å².